The Kier molecular flexibility index (Phi) is 3.81. The van der Waals surface area contributed by atoms with Crippen LogP contribution in [0.5, 0.6) is 0 Å². The maximum absolute atomic E-state index is 11.5. The Morgan fingerprint density at radius 2 is 1.95 bits per heavy atom. The molecular weight excluding hydrogens is 306 g/mol. The Balaban J connectivity index is 1.84. The Morgan fingerprint density at radius 3 is 2.57 bits per heavy atom. The van der Waals surface area contributed by atoms with E-state index in [0.29, 0.717) is 5.88 Å². The SMILES string of the molecule is O=C1NCSC1=Cc1ccc(-c2ccc(C(=O)O)cc2)s1. The lowest BCUT2D eigenvalue weighted by molar-refractivity contribution is -0.116. The highest BCUT2D eigenvalue weighted by Gasteiger charge is 2.17. The molecule has 0 radical (unpaired) electrons. The molecule has 6 heteroatoms. The van der Waals surface area contributed by atoms with E-state index in [-0.39, 0.29) is 11.5 Å². The monoisotopic (exact) mass is 317 g/mol. The molecule has 1 aromatic heterocycles. The summed E-state index contributed by atoms with van der Waals surface area (Å²) < 4.78 is 0. The quantitative estimate of drug-likeness (QED) is 0.853. The molecule has 0 aliphatic carbocycles. The maximum Gasteiger partial charge on any atom is 0.335 e. The van der Waals surface area contributed by atoms with Crippen LogP contribution in [0.15, 0.2) is 41.3 Å². The molecule has 106 valence electrons. The highest BCUT2D eigenvalue weighted by molar-refractivity contribution is 8.04. The molecule has 4 nitrogen and oxygen atoms in total. The van der Waals surface area contributed by atoms with Gasteiger partial charge in [-0.15, -0.1) is 11.3 Å². The molecule has 1 aliphatic heterocycles. The molecule has 21 heavy (non-hydrogen) atoms. The van der Waals surface area contributed by atoms with Gasteiger partial charge in [-0.25, -0.2) is 4.79 Å². The summed E-state index contributed by atoms with van der Waals surface area (Å²) in [5.74, 6) is -0.331. The number of thiophene rings is 1. The van der Waals surface area contributed by atoms with Crippen molar-refractivity contribution in [3.63, 3.8) is 0 Å². The van der Waals surface area contributed by atoms with Crippen molar-refractivity contribution >= 4 is 41.1 Å². The fourth-order valence-electron chi connectivity index (χ4n) is 1.93. The zero-order valence-electron chi connectivity index (χ0n) is 10.8. The van der Waals surface area contributed by atoms with Gasteiger partial charge in [-0.05, 0) is 35.9 Å². The Morgan fingerprint density at radius 1 is 1.19 bits per heavy atom. The van der Waals surface area contributed by atoms with Crippen molar-refractivity contribution in [1.82, 2.24) is 5.32 Å². The van der Waals surface area contributed by atoms with Crippen molar-refractivity contribution < 1.29 is 14.7 Å². The molecule has 1 saturated heterocycles. The van der Waals surface area contributed by atoms with Crippen LogP contribution < -0.4 is 5.32 Å². The highest BCUT2D eigenvalue weighted by Crippen LogP contribution is 2.32. The topological polar surface area (TPSA) is 66.4 Å². The zero-order chi connectivity index (χ0) is 14.8. The lowest BCUT2D eigenvalue weighted by Crippen LogP contribution is -2.13. The number of carboxylic acid groups (broad SMARTS) is 1. The van der Waals surface area contributed by atoms with E-state index in [9.17, 15) is 9.59 Å². The Labute approximate surface area is 129 Å². The molecule has 2 aromatic rings. The summed E-state index contributed by atoms with van der Waals surface area (Å²) in [6.07, 6.45) is 1.88. The molecule has 0 spiro atoms. The van der Waals surface area contributed by atoms with E-state index in [2.05, 4.69) is 5.32 Å². The van der Waals surface area contributed by atoms with E-state index < -0.39 is 5.97 Å². The number of amides is 1. The first-order valence-electron chi connectivity index (χ1n) is 6.20. The smallest absolute Gasteiger partial charge is 0.335 e. The molecule has 1 amide bonds. The fourth-order valence-corrected chi connectivity index (χ4v) is 3.73. The van der Waals surface area contributed by atoms with Gasteiger partial charge in [0.05, 0.1) is 16.3 Å². The number of thioether (sulfide) groups is 1. The van der Waals surface area contributed by atoms with Crippen LogP contribution in [-0.2, 0) is 4.79 Å². The highest BCUT2D eigenvalue weighted by atomic mass is 32.2. The van der Waals surface area contributed by atoms with E-state index in [0.717, 1.165) is 20.2 Å². The Hall–Kier alpha value is -2.05. The molecule has 2 N–H and O–H groups in total. The van der Waals surface area contributed by atoms with Gasteiger partial charge in [0.25, 0.3) is 5.91 Å². The maximum atomic E-state index is 11.5. The van der Waals surface area contributed by atoms with Gasteiger partial charge in [0.15, 0.2) is 0 Å². The minimum atomic E-state index is -0.928. The first-order chi connectivity index (χ1) is 10.1. The molecule has 0 atom stereocenters. The second-order valence-corrected chi connectivity index (χ2v) is 6.52. The van der Waals surface area contributed by atoms with Crippen molar-refractivity contribution in [2.24, 2.45) is 0 Å². The third-order valence-electron chi connectivity index (χ3n) is 3.00. The number of hydrogen-bond donors (Lipinski definition) is 2. The second kappa shape index (κ2) is 5.75. The minimum absolute atomic E-state index is 0.0271. The van der Waals surface area contributed by atoms with Crippen molar-refractivity contribution in [1.29, 1.82) is 0 Å². The van der Waals surface area contributed by atoms with Crippen LogP contribution in [-0.4, -0.2) is 22.9 Å². The van der Waals surface area contributed by atoms with Crippen LogP contribution in [0, 0.1) is 0 Å². The second-order valence-electron chi connectivity index (χ2n) is 4.39. The van der Waals surface area contributed by atoms with Gasteiger partial charge in [-0.2, -0.15) is 0 Å². The average Bonchev–Trinajstić information content (AvgIpc) is 3.10. The van der Waals surface area contributed by atoms with Crippen molar-refractivity contribution in [3.8, 4) is 10.4 Å². The van der Waals surface area contributed by atoms with Crippen LogP contribution in [0.1, 0.15) is 15.2 Å². The zero-order valence-corrected chi connectivity index (χ0v) is 12.5. The summed E-state index contributed by atoms with van der Waals surface area (Å²) in [5, 5.41) is 11.6. The Bertz CT molecular complexity index is 732. The summed E-state index contributed by atoms with van der Waals surface area (Å²) in [6.45, 7) is 0. The number of rotatable bonds is 3. The van der Waals surface area contributed by atoms with Gasteiger partial charge in [0.2, 0.25) is 0 Å². The lowest BCUT2D eigenvalue weighted by Gasteiger charge is -1.98. The summed E-state index contributed by atoms with van der Waals surface area (Å²) in [6, 6.07) is 10.7. The van der Waals surface area contributed by atoms with Gasteiger partial charge >= 0.3 is 5.97 Å². The number of carbonyl (C=O) groups excluding carboxylic acids is 1. The number of carbonyl (C=O) groups is 2. The average molecular weight is 317 g/mol. The van der Waals surface area contributed by atoms with E-state index in [4.69, 9.17) is 5.11 Å². The van der Waals surface area contributed by atoms with Crippen LogP contribution in [0.25, 0.3) is 16.5 Å². The molecule has 2 heterocycles. The van der Waals surface area contributed by atoms with Crippen LogP contribution >= 0.6 is 23.1 Å². The van der Waals surface area contributed by atoms with E-state index >= 15 is 0 Å². The summed E-state index contributed by atoms with van der Waals surface area (Å²) in [4.78, 5) is 25.1. The summed E-state index contributed by atoms with van der Waals surface area (Å²) in [5.41, 5.74) is 1.25. The lowest BCUT2D eigenvalue weighted by atomic mass is 10.1. The third-order valence-corrected chi connectivity index (χ3v) is 4.98. The van der Waals surface area contributed by atoms with Crippen molar-refractivity contribution in [3.05, 3.63) is 51.7 Å². The van der Waals surface area contributed by atoms with E-state index in [1.807, 2.05) is 18.2 Å². The molecule has 3 rings (SSSR count). The fraction of sp³-hybridized carbons (Fsp3) is 0.0667. The van der Waals surface area contributed by atoms with Crippen molar-refractivity contribution in [2.75, 3.05) is 5.88 Å². The van der Waals surface area contributed by atoms with E-state index in [1.165, 1.54) is 11.8 Å². The molecule has 0 bridgehead atoms. The first-order valence-corrected chi connectivity index (χ1v) is 8.00. The molecule has 1 aliphatic rings. The van der Waals surface area contributed by atoms with Gasteiger partial charge in [-0.1, -0.05) is 23.9 Å². The van der Waals surface area contributed by atoms with Gasteiger partial charge in [0, 0.05) is 9.75 Å². The van der Waals surface area contributed by atoms with Crippen LogP contribution in [0.4, 0.5) is 0 Å². The van der Waals surface area contributed by atoms with Gasteiger partial charge in [-0.3, -0.25) is 4.79 Å². The number of benzene rings is 1. The first kappa shape index (κ1) is 13.9. The largest absolute Gasteiger partial charge is 0.478 e. The minimum Gasteiger partial charge on any atom is -0.478 e. The van der Waals surface area contributed by atoms with Crippen LogP contribution in [0.3, 0.4) is 0 Å². The summed E-state index contributed by atoms with van der Waals surface area (Å²) in [7, 11) is 0. The van der Waals surface area contributed by atoms with Crippen LogP contribution in [0.2, 0.25) is 0 Å². The van der Waals surface area contributed by atoms with Gasteiger partial charge in [0.1, 0.15) is 0 Å². The molecule has 1 fully saturated rings. The molecule has 1 aromatic carbocycles. The third kappa shape index (κ3) is 3.01. The van der Waals surface area contributed by atoms with Gasteiger partial charge < -0.3 is 10.4 Å². The molecule has 0 saturated carbocycles. The standard InChI is InChI=1S/C15H11NO3S2/c17-14-13(20-8-16-14)7-11-5-6-12(21-11)9-1-3-10(4-2-9)15(18)19/h1-7H,8H2,(H,16,17)(H,18,19). The van der Waals surface area contributed by atoms with Crippen molar-refractivity contribution in [2.45, 2.75) is 0 Å². The predicted molar refractivity (Wildman–Crippen MR) is 85.3 cm³/mol. The number of hydrogen-bond acceptors (Lipinski definition) is 4. The number of aromatic carboxylic acids is 1. The predicted octanol–water partition coefficient (Wildman–Crippen LogP) is 3.27. The molecular formula is C15H11NO3S2. The number of nitrogens with one attached hydrogen (secondary N) is 1. The molecule has 0 unspecified atom stereocenters. The van der Waals surface area contributed by atoms with E-state index in [1.54, 1.807) is 35.6 Å². The summed E-state index contributed by atoms with van der Waals surface area (Å²) >= 11 is 3.07. The normalized spacial score (nSPS) is 16.2. The number of carboxylic acids is 1.